The van der Waals surface area contributed by atoms with Crippen LogP contribution in [-0.2, 0) is 0 Å². The third-order valence-electron chi connectivity index (χ3n) is 8.02. The van der Waals surface area contributed by atoms with Crippen molar-refractivity contribution in [2.24, 2.45) is 0 Å². The molecule has 0 amide bonds. The van der Waals surface area contributed by atoms with Gasteiger partial charge in [0.1, 0.15) is 17.1 Å². The van der Waals surface area contributed by atoms with E-state index in [0.29, 0.717) is 0 Å². The third kappa shape index (κ3) is 14.8. The molecule has 1 aromatic rings. The van der Waals surface area contributed by atoms with Crippen LogP contribution >= 0.6 is 0 Å². The van der Waals surface area contributed by atoms with Gasteiger partial charge in [0, 0.05) is 12.0 Å². The van der Waals surface area contributed by atoms with Crippen LogP contribution < -0.4 is 4.74 Å². The van der Waals surface area contributed by atoms with Gasteiger partial charge >= 0.3 is 0 Å². The van der Waals surface area contributed by atoms with Gasteiger partial charge in [-0.2, -0.15) is 0 Å². The van der Waals surface area contributed by atoms with E-state index >= 15 is 0 Å². The minimum Gasteiger partial charge on any atom is -0.508 e. The van der Waals surface area contributed by atoms with Gasteiger partial charge in [-0.25, -0.2) is 0 Å². The zero-order valence-corrected chi connectivity index (χ0v) is 28.0. The number of allylic oxidation sites excluding steroid dienone is 11. The summed E-state index contributed by atoms with van der Waals surface area (Å²) in [5, 5.41) is 9.68. The van der Waals surface area contributed by atoms with Crippen LogP contribution in [0.15, 0.2) is 94.2 Å². The Kier molecular flexibility index (Phi) is 15.5. The van der Waals surface area contributed by atoms with Crippen LogP contribution in [0.4, 0.5) is 0 Å². The lowest BCUT2D eigenvalue weighted by molar-refractivity contribution is 0.141. The third-order valence-corrected chi connectivity index (χ3v) is 8.02. The number of hydrogen-bond acceptors (Lipinski definition) is 2. The van der Waals surface area contributed by atoms with E-state index in [2.05, 4.69) is 104 Å². The van der Waals surface area contributed by atoms with E-state index in [1.165, 1.54) is 46.3 Å². The molecule has 0 aromatic heterocycles. The molecule has 1 aromatic carbocycles. The zero-order chi connectivity index (χ0) is 31.0. The molecule has 1 heterocycles. The van der Waals surface area contributed by atoms with E-state index in [9.17, 15) is 5.11 Å². The lowest BCUT2D eigenvalue weighted by Gasteiger charge is -2.31. The highest BCUT2D eigenvalue weighted by Gasteiger charge is 2.26. The molecule has 42 heavy (non-hydrogen) atoms. The molecule has 0 saturated carbocycles. The van der Waals surface area contributed by atoms with Gasteiger partial charge < -0.3 is 9.84 Å². The maximum atomic E-state index is 9.68. The molecule has 1 aliphatic rings. The Bertz CT molecular complexity index is 1210. The van der Waals surface area contributed by atoms with Crippen LogP contribution in [0.3, 0.4) is 0 Å². The number of benzene rings is 1. The largest absolute Gasteiger partial charge is 0.508 e. The van der Waals surface area contributed by atoms with Crippen LogP contribution in [0.2, 0.25) is 0 Å². The molecule has 2 heteroatoms. The van der Waals surface area contributed by atoms with Crippen molar-refractivity contribution in [2.75, 3.05) is 0 Å². The standard InChI is InChI=1S/C40H58O2/c1-31(2)14-9-15-32(3)16-10-17-33(4)18-11-19-34(5)20-12-21-35(6)22-13-23-36(7)26-28-40(8)29-27-37-30-38(41)24-25-39(37)42-40/h14,16,18,20,22,24-27,29-30,41H,9-13,15,17,19,21,23,28H2,1-8H3/t40-/m0/s1. The Hall–Kier alpha value is -3.00. The van der Waals surface area contributed by atoms with Gasteiger partial charge in [-0.3, -0.25) is 0 Å². The SMILES string of the molecule is CC(C)=CCCC(C)=CCCC(C)=CCCC(C)=CCCC(C)=CCCC(C)=CC[C@@]1(C)C=Cc2cc(O)ccc2O1. The molecule has 2 rings (SSSR count). The zero-order valence-electron chi connectivity index (χ0n) is 28.0. The van der Waals surface area contributed by atoms with E-state index in [1.807, 2.05) is 6.07 Å². The first-order valence-electron chi connectivity index (χ1n) is 16.1. The molecule has 0 unspecified atom stereocenters. The van der Waals surface area contributed by atoms with Crippen molar-refractivity contribution >= 4 is 6.08 Å². The molecule has 0 saturated heterocycles. The second-order valence-corrected chi connectivity index (χ2v) is 12.9. The van der Waals surface area contributed by atoms with Crippen molar-refractivity contribution in [3.63, 3.8) is 0 Å². The summed E-state index contributed by atoms with van der Waals surface area (Å²) in [4.78, 5) is 0. The summed E-state index contributed by atoms with van der Waals surface area (Å²) in [5.74, 6) is 1.10. The Labute approximate surface area is 258 Å². The molecule has 0 bridgehead atoms. The topological polar surface area (TPSA) is 29.5 Å². The van der Waals surface area contributed by atoms with Crippen molar-refractivity contribution in [1.82, 2.24) is 0 Å². The summed E-state index contributed by atoms with van der Waals surface area (Å²) in [6.45, 7) is 17.8. The van der Waals surface area contributed by atoms with Gasteiger partial charge in [-0.05, 0) is 144 Å². The van der Waals surface area contributed by atoms with Crippen LogP contribution in [0, 0.1) is 0 Å². The minimum atomic E-state index is -0.350. The average molecular weight is 571 g/mol. The van der Waals surface area contributed by atoms with Gasteiger partial charge in [0.05, 0.1) is 0 Å². The Morgan fingerprint density at radius 3 is 1.52 bits per heavy atom. The monoisotopic (exact) mass is 570 g/mol. The summed E-state index contributed by atoms with van der Waals surface area (Å²) in [7, 11) is 0. The number of phenols is 1. The quantitative estimate of drug-likeness (QED) is 0.189. The molecule has 1 atom stereocenters. The van der Waals surface area contributed by atoms with E-state index < -0.39 is 0 Å². The van der Waals surface area contributed by atoms with Gasteiger partial charge in [0.25, 0.3) is 0 Å². The normalized spacial score (nSPS) is 18.1. The molecular formula is C40H58O2. The highest BCUT2D eigenvalue weighted by molar-refractivity contribution is 5.62. The van der Waals surface area contributed by atoms with Crippen molar-refractivity contribution < 1.29 is 9.84 Å². The molecule has 0 spiro atoms. The van der Waals surface area contributed by atoms with Gasteiger partial charge in [0.15, 0.2) is 0 Å². The Balaban J connectivity index is 1.64. The van der Waals surface area contributed by atoms with Crippen LogP contribution in [-0.4, -0.2) is 10.7 Å². The lowest BCUT2D eigenvalue weighted by atomic mass is 9.95. The summed E-state index contributed by atoms with van der Waals surface area (Å²) < 4.78 is 6.24. The molecule has 0 radical (unpaired) electrons. The van der Waals surface area contributed by atoms with Gasteiger partial charge in [-0.15, -0.1) is 0 Å². The van der Waals surface area contributed by atoms with Crippen molar-refractivity contribution in [2.45, 2.75) is 132 Å². The number of rotatable bonds is 17. The maximum Gasteiger partial charge on any atom is 0.128 e. The molecule has 230 valence electrons. The maximum absolute atomic E-state index is 9.68. The van der Waals surface area contributed by atoms with E-state index in [0.717, 1.165) is 69.1 Å². The van der Waals surface area contributed by atoms with Crippen molar-refractivity contribution in [3.05, 3.63) is 99.7 Å². The summed E-state index contributed by atoms with van der Waals surface area (Å²) in [6, 6.07) is 5.27. The number of ether oxygens (including phenoxy) is 1. The minimum absolute atomic E-state index is 0.268. The summed E-state index contributed by atoms with van der Waals surface area (Å²) in [6.07, 6.45) is 30.7. The average Bonchev–Trinajstić information content (AvgIpc) is 2.92. The first-order valence-corrected chi connectivity index (χ1v) is 16.1. The number of fused-ring (bicyclic) bond motifs is 1. The Morgan fingerprint density at radius 1 is 0.643 bits per heavy atom. The fourth-order valence-electron chi connectivity index (χ4n) is 5.08. The number of phenolic OH excluding ortho intramolecular Hbond substituents is 1. The first-order chi connectivity index (χ1) is 20.0. The fourth-order valence-corrected chi connectivity index (χ4v) is 5.08. The predicted molar refractivity (Wildman–Crippen MR) is 185 cm³/mol. The first kappa shape index (κ1) is 35.2. The second kappa shape index (κ2) is 18.5. The van der Waals surface area contributed by atoms with Gasteiger partial charge in [-0.1, -0.05) is 76.0 Å². The molecular weight excluding hydrogens is 512 g/mol. The van der Waals surface area contributed by atoms with Crippen molar-refractivity contribution in [3.8, 4) is 11.5 Å². The fraction of sp³-hybridized carbons (Fsp3) is 0.500. The number of aromatic hydroxyl groups is 1. The van der Waals surface area contributed by atoms with Crippen molar-refractivity contribution in [1.29, 1.82) is 0 Å². The molecule has 0 aliphatic carbocycles. The molecule has 1 N–H and O–H groups in total. The molecule has 2 nitrogen and oxygen atoms in total. The molecule has 0 fully saturated rings. The predicted octanol–water partition coefficient (Wildman–Crippen LogP) is 12.5. The van der Waals surface area contributed by atoms with E-state index in [-0.39, 0.29) is 11.4 Å². The van der Waals surface area contributed by atoms with Gasteiger partial charge in [0.2, 0.25) is 0 Å². The molecule has 1 aliphatic heterocycles. The lowest BCUT2D eigenvalue weighted by Crippen LogP contribution is -2.31. The van der Waals surface area contributed by atoms with Crippen LogP contribution in [0.5, 0.6) is 11.5 Å². The summed E-state index contributed by atoms with van der Waals surface area (Å²) in [5.41, 5.74) is 9.42. The van der Waals surface area contributed by atoms with E-state index in [4.69, 9.17) is 4.74 Å². The second-order valence-electron chi connectivity index (χ2n) is 12.9. The van der Waals surface area contributed by atoms with E-state index in [1.54, 1.807) is 12.1 Å². The van der Waals surface area contributed by atoms with Crippen LogP contribution in [0.1, 0.15) is 132 Å². The highest BCUT2D eigenvalue weighted by Crippen LogP contribution is 2.35. The number of hydrogen-bond donors (Lipinski definition) is 1. The van der Waals surface area contributed by atoms with Crippen LogP contribution in [0.25, 0.3) is 6.08 Å². The summed E-state index contributed by atoms with van der Waals surface area (Å²) >= 11 is 0. The smallest absolute Gasteiger partial charge is 0.128 e. The highest BCUT2D eigenvalue weighted by atomic mass is 16.5. The Morgan fingerprint density at radius 2 is 1.07 bits per heavy atom.